The van der Waals surface area contributed by atoms with Gasteiger partial charge in [-0.05, 0) is 18.2 Å². The molecule has 0 saturated heterocycles. The second-order valence-corrected chi connectivity index (χ2v) is 5.48. The molecule has 94 valence electrons. The third-order valence-corrected chi connectivity index (χ3v) is 4.09. The van der Waals surface area contributed by atoms with Crippen LogP contribution in [0.5, 0.6) is 0 Å². The monoisotopic (exact) mass is 265 g/mol. The molecule has 0 aliphatic heterocycles. The van der Waals surface area contributed by atoms with E-state index >= 15 is 0 Å². The van der Waals surface area contributed by atoms with Gasteiger partial charge in [0.05, 0.1) is 5.69 Å². The summed E-state index contributed by atoms with van der Waals surface area (Å²) in [5.41, 5.74) is 0.0711. The van der Waals surface area contributed by atoms with Gasteiger partial charge in [0, 0.05) is 13.1 Å². The Morgan fingerprint density at radius 3 is 2.33 bits per heavy atom. The van der Waals surface area contributed by atoms with Gasteiger partial charge in [0.15, 0.2) is 5.03 Å². The van der Waals surface area contributed by atoms with E-state index < -0.39 is 15.6 Å². The lowest BCUT2D eigenvalue weighted by molar-refractivity contribution is 0.588. The van der Waals surface area contributed by atoms with Crippen LogP contribution in [0.15, 0.2) is 52.3 Å². The van der Waals surface area contributed by atoms with Gasteiger partial charge >= 0.3 is 0 Å². The van der Waals surface area contributed by atoms with Crippen molar-refractivity contribution in [3.05, 3.63) is 52.8 Å². The molecule has 0 atom stereocenters. The number of para-hydroxylation sites is 1. The largest absolute Gasteiger partial charge is 0.283 e. The molecular weight excluding hydrogens is 254 g/mol. The van der Waals surface area contributed by atoms with Crippen LogP contribution in [0.3, 0.4) is 0 Å². The Hall–Kier alpha value is -2.15. The zero-order valence-electron chi connectivity index (χ0n) is 9.57. The highest BCUT2D eigenvalue weighted by molar-refractivity contribution is 7.92. The Bertz CT molecular complexity index is 674. The number of rotatable bonds is 3. The van der Waals surface area contributed by atoms with Crippen molar-refractivity contribution in [2.45, 2.75) is 5.03 Å². The highest BCUT2D eigenvalue weighted by atomic mass is 32.2. The summed E-state index contributed by atoms with van der Waals surface area (Å²) in [5.74, 6) is 0. The van der Waals surface area contributed by atoms with Gasteiger partial charge in [0.2, 0.25) is 0 Å². The van der Waals surface area contributed by atoms with Crippen LogP contribution in [-0.4, -0.2) is 25.7 Å². The molecule has 0 aliphatic carbocycles. The number of aromatic nitrogens is 2. The summed E-state index contributed by atoms with van der Waals surface area (Å²) in [6, 6.07) is 10.9. The van der Waals surface area contributed by atoms with E-state index in [1.54, 1.807) is 30.3 Å². The number of hydrogen-bond donors (Lipinski definition) is 1. The van der Waals surface area contributed by atoms with E-state index in [2.05, 4.69) is 10.2 Å². The molecule has 2 rings (SSSR count). The molecule has 0 saturated carbocycles. The molecule has 1 N–H and O–H groups in total. The molecular formula is C11H11N3O3S. The Morgan fingerprint density at radius 1 is 1.11 bits per heavy atom. The summed E-state index contributed by atoms with van der Waals surface area (Å²) in [6.07, 6.45) is 0. The van der Waals surface area contributed by atoms with Crippen molar-refractivity contribution in [2.75, 3.05) is 11.4 Å². The van der Waals surface area contributed by atoms with Gasteiger partial charge in [-0.3, -0.25) is 9.10 Å². The molecule has 6 nitrogen and oxygen atoms in total. The third kappa shape index (κ3) is 2.25. The zero-order chi connectivity index (χ0) is 13.2. The van der Waals surface area contributed by atoms with Gasteiger partial charge in [-0.2, -0.15) is 13.5 Å². The molecule has 1 heterocycles. The lowest BCUT2D eigenvalue weighted by atomic mass is 10.3. The van der Waals surface area contributed by atoms with Crippen LogP contribution < -0.4 is 9.86 Å². The highest BCUT2D eigenvalue weighted by Crippen LogP contribution is 2.19. The first kappa shape index (κ1) is 12.3. The molecule has 18 heavy (non-hydrogen) atoms. The summed E-state index contributed by atoms with van der Waals surface area (Å²) >= 11 is 0. The maximum atomic E-state index is 12.2. The first-order valence-corrected chi connectivity index (χ1v) is 6.55. The number of anilines is 1. The van der Waals surface area contributed by atoms with E-state index in [0.29, 0.717) is 5.69 Å². The fraction of sp³-hybridized carbons (Fsp3) is 0.0909. The summed E-state index contributed by atoms with van der Waals surface area (Å²) in [4.78, 5) is 10.9. The minimum Gasteiger partial charge on any atom is -0.268 e. The Kier molecular flexibility index (Phi) is 3.15. The van der Waals surface area contributed by atoms with Crippen molar-refractivity contribution in [1.82, 2.24) is 10.2 Å². The van der Waals surface area contributed by atoms with Crippen LogP contribution in [0.4, 0.5) is 5.69 Å². The van der Waals surface area contributed by atoms with E-state index in [0.717, 1.165) is 10.4 Å². The summed E-state index contributed by atoms with van der Waals surface area (Å²) in [6.45, 7) is 0. The second-order valence-electron chi connectivity index (χ2n) is 3.57. The normalized spacial score (nSPS) is 11.2. The Balaban J connectivity index is 2.43. The predicted molar refractivity (Wildman–Crippen MR) is 66.9 cm³/mol. The molecule has 0 bridgehead atoms. The van der Waals surface area contributed by atoms with Crippen molar-refractivity contribution >= 4 is 15.7 Å². The molecule has 1 aromatic heterocycles. The van der Waals surface area contributed by atoms with Crippen LogP contribution >= 0.6 is 0 Å². The van der Waals surface area contributed by atoms with E-state index in [1.165, 1.54) is 13.1 Å². The number of benzene rings is 1. The van der Waals surface area contributed by atoms with E-state index in [-0.39, 0.29) is 5.03 Å². The zero-order valence-corrected chi connectivity index (χ0v) is 10.4. The second kappa shape index (κ2) is 4.61. The van der Waals surface area contributed by atoms with Crippen molar-refractivity contribution < 1.29 is 8.42 Å². The molecule has 0 aliphatic rings. The molecule has 0 amide bonds. The number of aromatic amines is 1. The van der Waals surface area contributed by atoms with E-state index in [1.807, 2.05) is 0 Å². The van der Waals surface area contributed by atoms with Crippen LogP contribution in [0.1, 0.15) is 0 Å². The van der Waals surface area contributed by atoms with Crippen molar-refractivity contribution in [2.24, 2.45) is 0 Å². The third-order valence-electron chi connectivity index (χ3n) is 2.40. The van der Waals surface area contributed by atoms with Gasteiger partial charge in [-0.1, -0.05) is 18.2 Å². The van der Waals surface area contributed by atoms with Crippen molar-refractivity contribution in [3.8, 4) is 0 Å². The van der Waals surface area contributed by atoms with Crippen LogP contribution in [0.25, 0.3) is 0 Å². The van der Waals surface area contributed by atoms with E-state index in [9.17, 15) is 13.2 Å². The van der Waals surface area contributed by atoms with Crippen LogP contribution in [0.2, 0.25) is 0 Å². The fourth-order valence-corrected chi connectivity index (χ4v) is 2.47. The number of H-pyrrole nitrogens is 1. The summed E-state index contributed by atoms with van der Waals surface area (Å²) in [5, 5.41) is 5.43. The predicted octanol–water partition coefficient (Wildman–Crippen LogP) is 0.595. The minimum atomic E-state index is -3.76. The first-order chi connectivity index (χ1) is 8.51. The maximum Gasteiger partial charge on any atom is 0.283 e. The number of hydrogen-bond acceptors (Lipinski definition) is 4. The lowest BCUT2D eigenvalue weighted by Crippen LogP contribution is -2.28. The van der Waals surface area contributed by atoms with Gasteiger partial charge in [0.1, 0.15) is 0 Å². The van der Waals surface area contributed by atoms with Crippen molar-refractivity contribution in [1.29, 1.82) is 0 Å². The molecule has 0 radical (unpaired) electrons. The summed E-state index contributed by atoms with van der Waals surface area (Å²) < 4.78 is 25.5. The van der Waals surface area contributed by atoms with Gasteiger partial charge in [-0.15, -0.1) is 0 Å². The lowest BCUT2D eigenvalue weighted by Gasteiger charge is -2.18. The smallest absolute Gasteiger partial charge is 0.268 e. The van der Waals surface area contributed by atoms with Crippen LogP contribution in [-0.2, 0) is 10.0 Å². The van der Waals surface area contributed by atoms with Gasteiger partial charge < -0.3 is 0 Å². The maximum absolute atomic E-state index is 12.2. The SMILES string of the molecule is CN(c1ccccc1)S(=O)(=O)c1ccc(=O)[nH]n1. The minimum absolute atomic E-state index is 0.201. The molecule has 0 fully saturated rings. The topological polar surface area (TPSA) is 83.1 Å². The first-order valence-electron chi connectivity index (χ1n) is 5.11. The quantitative estimate of drug-likeness (QED) is 0.880. The number of sulfonamides is 1. The average Bonchev–Trinajstić information content (AvgIpc) is 2.39. The molecule has 2 aromatic rings. The van der Waals surface area contributed by atoms with Crippen LogP contribution in [0, 0.1) is 0 Å². The number of nitrogens with zero attached hydrogens (tertiary/aromatic N) is 2. The van der Waals surface area contributed by atoms with Crippen molar-refractivity contribution in [3.63, 3.8) is 0 Å². The molecule has 0 unspecified atom stereocenters. The van der Waals surface area contributed by atoms with E-state index in [4.69, 9.17) is 0 Å². The Labute approximate surface area is 104 Å². The van der Waals surface area contributed by atoms with Gasteiger partial charge in [-0.25, -0.2) is 5.10 Å². The summed E-state index contributed by atoms with van der Waals surface area (Å²) in [7, 11) is -2.33. The molecule has 1 aromatic carbocycles. The van der Waals surface area contributed by atoms with Gasteiger partial charge in [0.25, 0.3) is 15.6 Å². The molecule has 7 heteroatoms. The number of nitrogens with one attached hydrogen (secondary N) is 1. The Morgan fingerprint density at radius 2 is 1.78 bits per heavy atom. The molecule has 0 spiro atoms. The highest BCUT2D eigenvalue weighted by Gasteiger charge is 2.22. The standard InChI is InChI=1S/C11H11N3O3S/c1-14(9-5-3-2-4-6-9)18(16,17)11-8-7-10(15)12-13-11/h2-8H,1H3,(H,12,15). The average molecular weight is 265 g/mol. The fourth-order valence-electron chi connectivity index (χ4n) is 1.39.